The number of hydrogen-bond donors (Lipinski definition) is 0. The molecule has 106 valence electrons. The lowest BCUT2D eigenvalue weighted by molar-refractivity contribution is 0.249. The molecule has 2 aromatic carbocycles. The molecular formula is C20H20O. The van der Waals surface area contributed by atoms with Gasteiger partial charge in [-0.2, -0.15) is 0 Å². The predicted molar refractivity (Wildman–Crippen MR) is 88.4 cm³/mol. The van der Waals surface area contributed by atoms with Gasteiger partial charge in [0.05, 0.1) is 0 Å². The maximum atomic E-state index is 6.27. The molecule has 0 N–H and O–H groups in total. The normalized spacial score (nSPS) is 16.0. The molecule has 3 rings (SSSR count). The molecule has 0 aliphatic carbocycles. The van der Waals surface area contributed by atoms with Gasteiger partial charge in [0.2, 0.25) is 0 Å². The number of ether oxygens (including phenoxy) is 1. The van der Waals surface area contributed by atoms with Gasteiger partial charge in [0.15, 0.2) is 0 Å². The topological polar surface area (TPSA) is 9.23 Å². The zero-order valence-electron chi connectivity index (χ0n) is 12.5. The molecule has 21 heavy (non-hydrogen) atoms. The minimum atomic E-state index is 0.00607. The van der Waals surface area contributed by atoms with Crippen LogP contribution < -0.4 is 4.74 Å². The molecule has 1 aliphatic heterocycles. The molecule has 0 amide bonds. The van der Waals surface area contributed by atoms with Crippen LogP contribution in [0.3, 0.4) is 0 Å². The van der Waals surface area contributed by atoms with Gasteiger partial charge in [0.25, 0.3) is 0 Å². The lowest BCUT2D eigenvalue weighted by Crippen LogP contribution is -2.10. The molecule has 1 heteroatoms. The zero-order valence-corrected chi connectivity index (χ0v) is 12.5. The molecular weight excluding hydrogens is 256 g/mol. The van der Waals surface area contributed by atoms with Crippen LogP contribution in [0.4, 0.5) is 0 Å². The van der Waals surface area contributed by atoms with Crippen LogP contribution in [0, 0.1) is 0 Å². The summed E-state index contributed by atoms with van der Waals surface area (Å²) in [5, 5.41) is 0. The van der Waals surface area contributed by atoms with E-state index in [0.717, 1.165) is 12.2 Å². The van der Waals surface area contributed by atoms with E-state index < -0.39 is 0 Å². The van der Waals surface area contributed by atoms with Crippen molar-refractivity contribution in [2.75, 3.05) is 0 Å². The predicted octanol–water partition coefficient (Wildman–Crippen LogP) is 5.34. The van der Waals surface area contributed by atoms with Crippen LogP contribution in [0.1, 0.15) is 36.6 Å². The van der Waals surface area contributed by atoms with Crippen LogP contribution in [-0.4, -0.2) is 0 Å². The molecule has 1 heterocycles. The fourth-order valence-electron chi connectivity index (χ4n) is 2.53. The van der Waals surface area contributed by atoms with E-state index in [1.165, 1.54) is 22.3 Å². The van der Waals surface area contributed by atoms with Crippen molar-refractivity contribution in [1.82, 2.24) is 0 Å². The Hall–Kier alpha value is -2.28. The molecule has 0 radical (unpaired) electrons. The quantitative estimate of drug-likeness (QED) is 0.687. The lowest BCUT2D eigenvalue weighted by atomic mass is 10.00. The molecule has 1 unspecified atom stereocenters. The molecule has 0 saturated carbocycles. The third-order valence-electron chi connectivity index (χ3n) is 3.68. The molecule has 0 bridgehead atoms. The van der Waals surface area contributed by atoms with E-state index in [9.17, 15) is 0 Å². The molecule has 0 aromatic heterocycles. The van der Waals surface area contributed by atoms with E-state index in [1.807, 2.05) is 6.07 Å². The summed E-state index contributed by atoms with van der Waals surface area (Å²) in [6.45, 7) is 4.26. The van der Waals surface area contributed by atoms with Crippen molar-refractivity contribution < 1.29 is 4.74 Å². The van der Waals surface area contributed by atoms with Gasteiger partial charge < -0.3 is 4.74 Å². The van der Waals surface area contributed by atoms with Crippen LogP contribution in [0.2, 0.25) is 0 Å². The Bertz CT molecular complexity index is 676. The highest BCUT2D eigenvalue weighted by Gasteiger charge is 2.18. The Balaban J connectivity index is 1.92. The van der Waals surface area contributed by atoms with Crippen LogP contribution >= 0.6 is 0 Å². The maximum Gasteiger partial charge on any atom is 0.142 e. The second-order valence-corrected chi connectivity index (χ2v) is 5.63. The van der Waals surface area contributed by atoms with Crippen LogP contribution in [-0.2, 0) is 6.42 Å². The van der Waals surface area contributed by atoms with Crippen molar-refractivity contribution in [3.8, 4) is 5.75 Å². The van der Waals surface area contributed by atoms with Gasteiger partial charge >= 0.3 is 0 Å². The van der Waals surface area contributed by atoms with Crippen molar-refractivity contribution in [1.29, 1.82) is 0 Å². The number of fused-ring (bicyclic) bond motifs is 1. The number of benzene rings is 2. The smallest absolute Gasteiger partial charge is 0.142 e. The third-order valence-corrected chi connectivity index (χ3v) is 3.68. The second kappa shape index (κ2) is 6.01. The number of para-hydroxylation sites is 1. The van der Waals surface area contributed by atoms with E-state index >= 15 is 0 Å². The highest BCUT2D eigenvalue weighted by Crippen LogP contribution is 2.35. The monoisotopic (exact) mass is 276 g/mol. The van der Waals surface area contributed by atoms with Gasteiger partial charge in [-0.15, -0.1) is 0 Å². The molecule has 0 saturated heterocycles. The summed E-state index contributed by atoms with van der Waals surface area (Å²) in [6.07, 6.45) is 7.46. The van der Waals surface area contributed by atoms with E-state index in [2.05, 4.69) is 74.5 Å². The van der Waals surface area contributed by atoms with Crippen molar-refractivity contribution in [2.45, 2.75) is 26.4 Å². The summed E-state index contributed by atoms with van der Waals surface area (Å²) in [6, 6.07) is 16.7. The maximum absolute atomic E-state index is 6.27. The summed E-state index contributed by atoms with van der Waals surface area (Å²) in [5.74, 6) is 1.02. The SMILES string of the molecule is CC(C)=CCc1cccc2c1OC(c1ccccc1)C=C2. The van der Waals surface area contributed by atoms with Gasteiger partial charge in [-0.3, -0.25) is 0 Å². The standard InChI is InChI=1S/C20H20O/c1-15(2)11-12-17-9-6-10-18-13-14-19(21-20(17)18)16-7-4-3-5-8-16/h3-11,13-14,19H,12H2,1-2H3. The van der Waals surface area contributed by atoms with Crippen LogP contribution in [0.25, 0.3) is 6.08 Å². The highest BCUT2D eigenvalue weighted by molar-refractivity contribution is 5.63. The van der Waals surface area contributed by atoms with Gasteiger partial charge in [0, 0.05) is 5.56 Å². The van der Waals surface area contributed by atoms with Gasteiger partial charge in [-0.1, -0.05) is 66.3 Å². The van der Waals surface area contributed by atoms with Crippen molar-refractivity contribution in [2.24, 2.45) is 0 Å². The first-order valence-electron chi connectivity index (χ1n) is 7.39. The van der Waals surface area contributed by atoms with Crippen LogP contribution in [0.5, 0.6) is 5.75 Å². The summed E-state index contributed by atoms with van der Waals surface area (Å²) >= 11 is 0. The van der Waals surface area contributed by atoms with E-state index in [0.29, 0.717) is 0 Å². The number of rotatable bonds is 3. The van der Waals surface area contributed by atoms with E-state index in [1.54, 1.807) is 0 Å². The van der Waals surface area contributed by atoms with E-state index in [-0.39, 0.29) is 6.10 Å². The molecule has 2 aromatic rings. The first-order chi connectivity index (χ1) is 10.2. The second-order valence-electron chi connectivity index (χ2n) is 5.63. The fraction of sp³-hybridized carbons (Fsp3) is 0.200. The molecule has 0 fully saturated rings. The minimum absolute atomic E-state index is 0.00607. The molecule has 1 aliphatic rings. The Morgan fingerprint density at radius 1 is 1.05 bits per heavy atom. The van der Waals surface area contributed by atoms with Crippen LogP contribution in [0.15, 0.2) is 66.3 Å². The molecule has 1 nitrogen and oxygen atoms in total. The zero-order chi connectivity index (χ0) is 14.7. The summed E-state index contributed by atoms with van der Waals surface area (Å²) < 4.78 is 6.27. The fourth-order valence-corrected chi connectivity index (χ4v) is 2.53. The number of allylic oxidation sites excluding steroid dienone is 2. The third kappa shape index (κ3) is 3.08. The Labute approximate surface area is 126 Å². The first-order valence-corrected chi connectivity index (χ1v) is 7.39. The molecule has 0 spiro atoms. The van der Waals surface area contributed by atoms with Crippen molar-refractivity contribution >= 4 is 6.08 Å². The average Bonchev–Trinajstić information content (AvgIpc) is 2.53. The Morgan fingerprint density at radius 3 is 2.62 bits per heavy atom. The largest absolute Gasteiger partial charge is 0.481 e. The van der Waals surface area contributed by atoms with Crippen molar-refractivity contribution in [3.05, 3.63) is 82.9 Å². The van der Waals surface area contributed by atoms with Crippen molar-refractivity contribution in [3.63, 3.8) is 0 Å². The Morgan fingerprint density at radius 2 is 1.86 bits per heavy atom. The summed E-state index contributed by atoms with van der Waals surface area (Å²) in [7, 11) is 0. The highest BCUT2D eigenvalue weighted by atomic mass is 16.5. The van der Waals surface area contributed by atoms with Gasteiger partial charge in [0.1, 0.15) is 11.9 Å². The first kappa shape index (κ1) is 13.7. The minimum Gasteiger partial charge on any atom is -0.481 e. The summed E-state index contributed by atoms with van der Waals surface area (Å²) in [5.41, 5.74) is 4.94. The summed E-state index contributed by atoms with van der Waals surface area (Å²) in [4.78, 5) is 0. The Kier molecular flexibility index (Phi) is 3.92. The van der Waals surface area contributed by atoms with E-state index in [4.69, 9.17) is 4.74 Å². The van der Waals surface area contributed by atoms with Gasteiger partial charge in [-0.25, -0.2) is 0 Å². The number of hydrogen-bond acceptors (Lipinski definition) is 1. The lowest BCUT2D eigenvalue weighted by Gasteiger charge is -2.24. The average molecular weight is 276 g/mol. The van der Waals surface area contributed by atoms with Gasteiger partial charge in [-0.05, 0) is 37.5 Å². The molecule has 1 atom stereocenters.